The quantitative estimate of drug-likeness (QED) is 0.394. The van der Waals surface area contributed by atoms with Gasteiger partial charge in [0.05, 0.1) is 35.7 Å². The number of nitrogens with one attached hydrogen (secondary N) is 3. The second kappa shape index (κ2) is 10.5. The lowest BCUT2D eigenvalue weighted by atomic mass is 10.0. The van der Waals surface area contributed by atoms with Crippen molar-refractivity contribution in [1.82, 2.24) is 14.8 Å². The lowest BCUT2D eigenvalue weighted by Gasteiger charge is -2.29. The maximum Gasteiger partial charge on any atom is 0.291 e. The summed E-state index contributed by atoms with van der Waals surface area (Å²) in [6.07, 6.45) is 3.15. The molecule has 3 aliphatic rings. The Labute approximate surface area is 219 Å². The zero-order valence-corrected chi connectivity index (χ0v) is 21.4. The van der Waals surface area contributed by atoms with Gasteiger partial charge in [-0.3, -0.25) is 24.1 Å². The van der Waals surface area contributed by atoms with E-state index in [-0.39, 0.29) is 17.2 Å². The summed E-state index contributed by atoms with van der Waals surface area (Å²) >= 11 is 0. The Kier molecular flexibility index (Phi) is 7.13. The number of amides is 3. The Balaban J connectivity index is 1.40. The molecule has 3 aliphatic heterocycles. The number of aryl methyl sites for hydroxylation is 1. The molecule has 0 unspecified atom stereocenters. The van der Waals surface area contributed by atoms with Crippen LogP contribution in [0, 0.1) is 12.7 Å². The highest BCUT2D eigenvalue weighted by Gasteiger charge is 2.30. The summed E-state index contributed by atoms with van der Waals surface area (Å²) in [5.74, 6) is -2.94. The summed E-state index contributed by atoms with van der Waals surface area (Å²) in [5, 5.41) is 4.90. The summed E-state index contributed by atoms with van der Waals surface area (Å²) in [7, 11) is 0. The van der Waals surface area contributed by atoms with Gasteiger partial charge in [-0.05, 0) is 43.5 Å². The Hall–Kier alpha value is -3.83. The molecule has 0 radical (unpaired) electrons. The van der Waals surface area contributed by atoms with E-state index in [9.17, 15) is 23.6 Å². The van der Waals surface area contributed by atoms with Crippen molar-refractivity contribution >= 4 is 46.5 Å². The van der Waals surface area contributed by atoms with Crippen LogP contribution in [0.25, 0.3) is 11.6 Å². The summed E-state index contributed by atoms with van der Waals surface area (Å²) < 4.78 is 20.2. The number of aromatic amines is 1. The van der Waals surface area contributed by atoms with Gasteiger partial charge in [0.2, 0.25) is 5.78 Å². The Morgan fingerprint density at radius 2 is 1.92 bits per heavy atom. The van der Waals surface area contributed by atoms with E-state index in [1.54, 1.807) is 6.08 Å². The number of Topliss-reactive ketones (excluding diaryl/α,β-unsaturated/α-hetero) is 1. The first-order valence-electron chi connectivity index (χ1n) is 12.7. The molecule has 1 aromatic carbocycles. The number of morpholine rings is 1. The second-order valence-electron chi connectivity index (χ2n) is 9.77. The summed E-state index contributed by atoms with van der Waals surface area (Å²) in [5.41, 5.74) is 3.50. The number of benzene rings is 1. The third-order valence-electron chi connectivity index (χ3n) is 7.26. The minimum atomic E-state index is -0.948. The number of carbonyl (C=O) groups is 4. The number of ether oxygens (including phenoxy) is 1. The fourth-order valence-corrected chi connectivity index (χ4v) is 5.11. The molecule has 3 N–H and O–H groups in total. The molecule has 4 heterocycles. The third-order valence-corrected chi connectivity index (χ3v) is 7.26. The maximum atomic E-state index is 14.8. The first-order valence-corrected chi connectivity index (χ1v) is 12.7. The van der Waals surface area contributed by atoms with Crippen LogP contribution in [0.3, 0.4) is 0 Å². The Morgan fingerprint density at radius 3 is 2.66 bits per heavy atom. The van der Waals surface area contributed by atoms with Crippen LogP contribution in [0.4, 0.5) is 15.8 Å². The van der Waals surface area contributed by atoms with Crippen LogP contribution >= 0.6 is 0 Å². The number of rotatable bonds is 6. The Bertz CT molecular complexity index is 1360. The second-order valence-corrected chi connectivity index (χ2v) is 9.77. The minimum Gasteiger partial charge on any atom is -0.379 e. The highest BCUT2D eigenvalue weighted by atomic mass is 19.1. The first-order chi connectivity index (χ1) is 18.2. The van der Waals surface area contributed by atoms with Crippen molar-refractivity contribution < 1.29 is 28.3 Å². The van der Waals surface area contributed by atoms with Gasteiger partial charge in [-0.2, -0.15) is 0 Å². The molecule has 10 nitrogen and oxygen atoms in total. The van der Waals surface area contributed by atoms with Crippen molar-refractivity contribution in [1.29, 1.82) is 0 Å². The predicted molar refractivity (Wildman–Crippen MR) is 139 cm³/mol. The van der Waals surface area contributed by atoms with Crippen LogP contribution in [0.5, 0.6) is 0 Å². The number of carbonyl (C=O) groups excluding carboxylic acids is 4. The van der Waals surface area contributed by atoms with Gasteiger partial charge in [-0.25, -0.2) is 4.39 Å². The fourth-order valence-electron chi connectivity index (χ4n) is 5.11. The molecular weight excluding hydrogens is 493 g/mol. The molecular formula is C27H30FN5O5. The van der Waals surface area contributed by atoms with Gasteiger partial charge in [-0.1, -0.05) is 0 Å². The molecule has 1 aromatic heterocycles. The van der Waals surface area contributed by atoms with Crippen LogP contribution in [0.1, 0.15) is 46.2 Å². The number of nitrogens with zero attached hydrogens (tertiary/aromatic N) is 2. The van der Waals surface area contributed by atoms with E-state index in [4.69, 9.17) is 4.74 Å². The molecule has 3 amide bonds. The molecule has 0 bridgehead atoms. The topological polar surface area (TPSA) is 124 Å². The molecule has 1 saturated heterocycles. The van der Waals surface area contributed by atoms with Crippen LogP contribution in [-0.2, 0) is 25.5 Å². The summed E-state index contributed by atoms with van der Waals surface area (Å²) in [4.78, 5) is 56.8. The smallest absolute Gasteiger partial charge is 0.291 e. The van der Waals surface area contributed by atoms with Crippen LogP contribution < -0.4 is 10.6 Å². The minimum absolute atomic E-state index is 0.0302. The van der Waals surface area contributed by atoms with E-state index in [1.807, 2.05) is 11.8 Å². The average molecular weight is 524 g/mol. The van der Waals surface area contributed by atoms with Crippen LogP contribution in [0.2, 0.25) is 0 Å². The zero-order chi connectivity index (χ0) is 27.0. The highest BCUT2D eigenvalue weighted by Crippen LogP contribution is 2.37. The van der Waals surface area contributed by atoms with Gasteiger partial charge >= 0.3 is 0 Å². The zero-order valence-electron chi connectivity index (χ0n) is 21.4. The van der Waals surface area contributed by atoms with Gasteiger partial charge in [-0.15, -0.1) is 0 Å². The number of halogens is 1. The standard InChI is InChI=1S/C27H30FN5O5/c1-15-21(13-18-17-12-19(28)23(31-25(35)16(2)34)14-22(17)30-26(18)36)29-20-4-3-5-33(27(37)24(15)20)7-6-32-8-10-38-11-9-32/h12-14,29H,3-11H2,1-2H3,(H,30,36)(H,31,35)/b18-13-. The predicted octanol–water partition coefficient (Wildman–Crippen LogP) is 2.20. The number of hydrogen-bond acceptors (Lipinski definition) is 6. The molecule has 5 rings (SSSR count). The average Bonchev–Trinajstić information content (AvgIpc) is 3.30. The molecule has 2 aromatic rings. The lowest BCUT2D eigenvalue weighted by molar-refractivity contribution is -0.133. The number of ketones is 1. The van der Waals surface area contributed by atoms with Crippen molar-refractivity contribution in [2.75, 3.05) is 56.6 Å². The number of hydrogen-bond donors (Lipinski definition) is 3. The lowest BCUT2D eigenvalue weighted by Crippen LogP contribution is -2.43. The number of aromatic nitrogens is 1. The SMILES string of the molecule is CC(=O)C(=O)Nc1cc2c(cc1F)/C(=C/c1[nH]c3c(c1C)C(=O)N(CCN1CCOCC1)CCC3)C(=O)N2. The molecule has 200 valence electrons. The van der Waals surface area contributed by atoms with Crippen molar-refractivity contribution in [2.24, 2.45) is 0 Å². The monoisotopic (exact) mass is 523 g/mol. The van der Waals surface area contributed by atoms with Gasteiger partial charge < -0.3 is 25.3 Å². The van der Waals surface area contributed by atoms with E-state index in [2.05, 4.69) is 20.5 Å². The molecule has 0 spiro atoms. The van der Waals surface area contributed by atoms with Crippen molar-refractivity contribution in [3.05, 3.63) is 46.0 Å². The van der Waals surface area contributed by atoms with Gasteiger partial charge in [0.15, 0.2) is 0 Å². The molecule has 0 aliphatic carbocycles. The van der Waals surface area contributed by atoms with Gasteiger partial charge in [0.25, 0.3) is 17.7 Å². The molecule has 1 fully saturated rings. The van der Waals surface area contributed by atoms with Crippen LogP contribution in [0.15, 0.2) is 12.1 Å². The van der Waals surface area contributed by atoms with Crippen molar-refractivity contribution in [3.63, 3.8) is 0 Å². The van der Waals surface area contributed by atoms with Crippen LogP contribution in [-0.4, -0.2) is 84.2 Å². The van der Waals surface area contributed by atoms with E-state index in [0.717, 1.165) is 50.3 Å². The largest absolute Gasteiger partial charge is 0.379 e. The van der Waals surface area contributed by atoms with Crippen molar-refractivity contribution in [3.8, 4) is 0 Å². The van der Waals surface area contributed by atoms with E-state index in [1.165, 1.54) is 6.07 Å². The Morgan fingerprint density at radius 1 is 1.16 bits per heavy atom. The van der Waals surface area contributed by atoms with Crippen molar-refractivity contribution in [2.45, 2.75) is 26.7 Å². The third kappa shape index (κ3) is 4.99. The fraction of sp³-hybridized carbons (Fsp3) is 0.407. The van der Waals surface area contributed by atoms with Gasteiger partial charge in [0.1, 0.15) is 5.82 Å². The number of H-pyrrole nitrogens is 1. The molecule has 0 saturated carbocycles. The normalized spacial score (nSPS) is 18.7. The summed E-state index contributed by atoms with van der Waals surface area (Å²) in [6, 6.07) is 2.44. The maximum absolute atomic E-state index is 14.8. The summed E-state index contributed by atoms with van der Waals surface area (Å²) in [6.45, 7) is 8.19. The van der Waals surface area contributed by atoms with E-state index < -0.39 is 23.4 Å². The molecule has 38 heavy (non-hydrogen) atoms. The first kappa shape index (κ1) is 25.8. The highest BCUT2D eigenvalue weighted by molar-refractivity contribution is 6.40. The van der Waals surface area contributed by atoms with E-state index >= 15 is 0 Å². The van der Waals surface area contributed by atoms with Gasteiger partial charge in [0, 0.05) is 56.6 Å². The van der Waals surface area contributed by atoms with E-state index in [0.29, 0.717) is 55.2 Å². The molecule has 0 atom stereocenters. The number of fused-ring (bicyclic) bond motifs is 2. The number of anilines is 2. The molecule has 11 heteroatoms.